The number of rotatable bonds is 7. The summed E-state index contributed by atoms with van der Waals surface area (Å²) >= 11 is 0. The number of nitrogens with one attached hydrogen (secondary N) is 1. The second-order valence-corrected chi connectivity index (χ2v) is 6.79. The number of benzene rings is 1. The molecule has 0 radical (unpaired) electrons. The molecule has 1 aromatic heterocycles. The van der Waals surface area contributed by atoms with E-state index in [0.717, 1.165) is 17.8 Å². The van der Waals surface area contributed by atoms with Gasteiger partial charge in [0.1, 0.15) is 6.61 Å². The van der Waals surface area contributed by atoms with Crippen LogP contribution in [0.1, 0.15) is 32.0 Å². The topological polar surface area (TPSA) is 34.1 Å². The van der Waals surface area contributed by atoms with Crippen molar-refractivity contribution in [3.05, 3.63) is 71.9 Å². The normalized spacial score (nSPS) is 11.2. The lowest BCUT2D eigenvalue weighted by Crippen LogP contribution is -2.14. The Kier molecular flexibility index (Phi) is 7.25. The van der Waals surface area contributed by atoms with Gasteiger partial charge < -0.3 is 10.1 Å². The van der Waals surface area contributed by atoms with Gasteiger partial charge in [0.25, 0.3) is 0 Å². The first-order valence-corrected chi connectivity index (χ1v) is 8.54. The predicted molar refractivity (Wildman–Crippen MR) is 103 cm³/mol. The molecule has 0 unspecified atom stereocenters. The zero-order valence-electron chi connectivity index (χ0n) is 15.3. The van der Waals surface area contributed by atoms with Gasteiger partial charge in [-0.25, -0.2) is 4.98 Å². The molecule has 1 N–H and O–H groups in total. The number of ether oxygens (including phenoxy) is 1. The summed E-state index contributed by atoms with van der Waals surface area (Å²) in [5, 5.41) is 3.33. The zero-order valence-corrected chi connectivity index (χ0v) is 15.3. The lowest BCUT2D eigenvalue weighted by molar-refractivity contribution is 0.293. The molecule has 0 fully saturated rings. The van der Waals surface area contributed by atoms with Crippen LogP contribution in [0.3, 0.4) is 0 Å². The fraction of sp³-hybridized carbons (Fsp3) is 0.318. The Bertz CT molecular complexity index is 734. The van der Waals surface area contributed by atoms with Gasteiger partial charge in [0.15, 0.2) is 0 Å². The van der Waals surface area contributed by atoms with Crippen LogP contribution in [0.4, 0.5) is 0 Å². The summed E-state index contributed by atoms with van der Waals surface area (Å²) in [7, 11) is 0. The molecular formula is C22H26N2O. The molecule has 0 spiro atoms. The van der Waals surface area contributed by atoms with E-state index in [0.29, 0.717) is 19.0 Å². The quantitative estimate of drug-likeness (QED) is 0.603. The predicted octanol–water partition coefficient (Wildman–Crippen LogP) is 4.36. The molecule has 0 atom stereocenters. The molecule has 2 aromatic rings. The SMILES string of the molecule is CC(C)(C)C#CC=CCNCc1cccc(OCc2ccccc2)n1. The van der Waals surface area contributed by atoms with Crippen molar-refractivity contribution in [1.82, 2.24) is 10.3 Å². The smallest absolute Gasteiger partial charge is 0.213 e. The number of aromatic nitrogens is 1. The maximum Gasteiger partial charge on any atom is 0.213 e. The largest absolute Gasteiger partial charge is 0.473 e. The van der Waals surface area contributed by atoms with E-state index in [-0.39, 0.29) is 5.41 Å². The van der Waals surface area contributed by atoms with Crippen LogP contribution in [0.5, 0.6) is 5.88 Å². The summed E-state index contributed by atoms with van der Waals surface area (Å²) in [6.07, 6.45) is 3.92. The van der Waals surface area contributed by atoms with Gasteiger partial charge in [-0.3, -0.25) is 0 Å². The average molecular weight is 334 g/mol. The van der Waals surface area contributed by atoms with Gasteiger partial charge in [-0.15, -0.1) is 0 Å². The zero-order chi connectivity index (χ0) is 18.0. The van der Waals surface area contributed by atoms with Crippen molar-refractivity contribution >= 4 is 0 Å². The molecule has 3 heteroatoms. The van der Waals surface area contributed by atoms with E-state index in [2.05, 4.69) is 42.9 Å². The molecule has 130 valence electrons. The Hall–Kier alpha value is -2.57. The van der Waals surface area contributed by atoms with E-state index >= 15 is 0 Å². The third kappa shape index (κ3) is 8.19. The summed E-state index contributed by atoms with van der Waals surface area (Å²) in [4.78, 5) is 4.52. The van der Waals surface area contributed by atoms with Crippen LogP contribution in [0.15, 0.2) is 60.7 Å². The van der Waals surface area contributed by atoms with Crippen LogP contribution < -0.4 is 10.1 Å². The highest BCUT2D eigenvalue weighted by atomic mass is 16.5. The Morgan fingerprint density at radius 2 is 1.88 bits per heavy atom. The highest BCUT2D eigenvalue weighted by molar-refractivity contribution is 5.20. The van der Waals surface area contributed by atoms with E-state index in [1.54, 1.807) is 0 Å². The first-order chi connectivity index (χ1) is 12.0. The molecule has 25 heavy (non-hydrogen) atoms. The van der Waals surface area contributed by atoms with Crippen LogP contribution in [-0.4, -0.2) is 11.5 Å². The van der Waals surface area contributed by atoms with Crippen LogP contribution in [0, 0.1) is 17.3 Å². The van der Waals surface area contributed by atoms with Gasteiger partial charge in [0.05, 0.1) is 5.69 Å². The first-order valence-electron chi connectivity index (χ1n) is 8.54. The Labute approximate surface area is 151 Å². The minimum Gasteiger partial charge on any atom is -0.473 e. The number of nitrogens with zero attached hydrogens (tertiary/aromatic N) is 1. The lowest BCUT2D eigenvalue weighted by Gasteiger charge is -2.07. The fourth-order valence-electron chi connectivity index (χ4n) is 2.03. The maximum atomic E-state index is 5.75. The van der Waals surface area contributed by atoms with Crippen molar-refractivity contribution < 1.29 is 4.74 Å². The van der Waals surface area contributed by atoms with Gasteiger partial charge in [0, 0.05) is 24.6 Å². The first kappa shape index (κ1) is 18.8. The van der Waals surface area contributed by atoms with E-state index in [1.807, 2.05) is 60.7 Å². The Morgan fingerprint density at radius 3 is 2.64 bits per heavy atom. The second kappa shape index (κ2) is 9.66. The fourth-order valence-corrected chi connectivity index (χ4v) is 2.03. The molecule has 0 bridgehead atoms. The molecule has 1 aromatic carbocycles. The number of pyridine rings is 1. The van der Waals surface area contributed by atoms with E-state index in [1.165, 1.54) is 0 Å². The maximum absolute atomic E-state index is 5.75. The van der Waals surface area contributed by atoms with Crippen molar-refractivity contribution in [2.45, 2.75) is 33.9 Å². The van der Waals surface area contributed by atoms with Gasteiger partial charge in [-0.2, -0.15) is 0 Å². The van der Waals surface area contributed by atoms with E-state index < -0.39 is 0 Å². The number of hydrogen-bond acceptors (Lipinski definition) is 3. The van der Waals surface area contributed by atoms with Gasteiger partial charge >= 0.3 is 0 Å². The summed E-state index contributed by atoms with van der Waals surface area (Å²) < 4.78 is 5.75. The Morgan fingerprint density at radius 1 is 1.08 bits per heavy atom. The molecule has 1 heterocycles. The monoisotopic (exact) mass is 334 g/mol. The van der Waals surface area contributed by atoms with Gasteiger partial charge in [0.2, 0.25) is 5.88 Å². The van der Waals surface area contributed by atoms with Crippen molar-refractivity contribution in [2.75, 3.05) is 6.54 Å². The summed E-state index contributed by atoms with van der Waals surface area (Å²) in [5.74, 6) is 6.88. The Balaban J connectivity index is 1.75. The third-order valence-corrected chi connectivity index (χ3v) is 3.23. The molecule has 0 aliphatic heterocycles. The molecule has 0 saturated carbocycles. The second-order valence-electron chi connectivity index (χ2n) is 6.79. The third-order valence-electron chi connectivity index (χ3n) is 3.23. The molecule has 0 saturated heterocycles. The van der Waals surface area contributed by atoms with E-state index in [9.17, 15) is 0 Å². The summed E-state index contributed by atoms with van der Waals surface area (Å²) in [6, 6.07) is 15.9. The lowest BCUT2D eigenvalue weighted by atomic mass is 9.98. The summed E-state index contributed by atoms with van der Waals surface area (Å²) in [6.45, 7) is 8.29. The molecular weight excluding hydrogens is 308 g/mol. The molecule has 2 rings (SSSR count). The van der Waals surface area contributed by atoms with Crippen molar-refractivity contribution in [3.63, 3.8) is 0 Å². The minimum atomic E-state index is 0.0435. The van der Waals surface area contributed by atoms with Gasteiger partial charge in [-0.1, -0.05) is 54.3 Å². The van der Waals surface area contributed by atoms with Crippen molar-refractivity contribution in [2.24, 2.45) is 5.41 Å². The molecule has 0 amide bonds. The molecule has 0 aliphatic rings. The number of allylic oxidation sites excluding steroid dienone is 1. The van der Waals surface area contributed by atoms with Crippen molar-refractivity contribution in [1.29, 1.82) is 0 Å². The van der Waals surface area contributed by atoms with Crippen molar-refractivity contribution in [3.8, 4) is 17.7 Å². The standard InChI is InChI=1S/C22H26N2O/c1-22(2,3)15-8-5-9-16-23-17-20-13-10-14-21(24-20)25-18-19-11-6-4-7-12-19/h4-7,9-14,23H,16-18H2,1-3H3. The highest BCUT2D eigenvalue weighted by Gasteiger charge is 2.02. The summed E-state index contributed by atoms with van der Waals surface area (Å²) in [5.41, 5.74) is 2.14. The highest BCUT2D eigenvalue weighted by Crippen LogP contribution is 2.11. The minimum absolute atomic E-state index is 0.0435. The number of hydrogen-bond donors (Lipinski definition) is 1. The molecule has 0 aliphatic carbocycles. The van der Waals surface area contributed by atoms with Crippen LogP contribution in [-0.2, 0) is 13.2 Å². The molecule has 3 nitrogen and oxygen atoms in total. The van der Waals surface area contributed by atoms with Crippen LogP contribution in [0.25, 0.3) is 0 Å². The van der Waals surface area contributed by atoms with E-state index in [4.69, 9.17) is 4.74 Å². The average Bonchev–Trinajstić information content (AvgIpc) is 2.59. The van der Waals surface area contributed by atoms with Crippen LogP contribution >= 0.6 is 0 Å². The van der Waals surface area contributed by atoms with Gasteiger partial charge in [-0.05, 0) is 38.5 Å². The van der Waals surface area contributed by atoms with Crippen LogP contribution in [0.2, 0.25) is 0 Å².